The van der Waals surface area contributed by atoms with E-state index in [4.69, 9.17) is 9.26 Å². The molecule has 0 amide bonds. The normalized spacial score (nSPS) is 14.4. The van der Waals surface area contributed by atoms with Crippen molar-refractivity contribution in [3.05, 3.63) is 11.7 Å². The van der Waals surface area contributed by atoms with Crippen LogP contribution in [0.5, 0.6) is 0 Å². The van der Waals surface area contributed by atoms with Crippen LogP contribution >= 0.6 is 0 Å². The van der Waals surface area contributed by atoms with Gasteiger partial charge >= 0.3 is 0 Å². The van der Waals surface area contributed by atoms with Crippen LogP contribution in [0.3, 0.4) is 0 Å². The second-order valence-electron chi connectivity index (χ2n) is 6.60. The second-order valence-corrected chi connectivity index (χ2v) is 6.60. The second kappa shape index (κ2) is 7.36. The van der Waals surface area contributed by atoms with E-state index in [1.807, 2.05) is 0 Å². The smallest absolute Gasteiger partial charge is 0.228 e. The highest BCUT2D eigenvalue weighted by molar-refractivity contribution is 5.02. The molecule has 0 spiro atoms. The molecule has 5 nitrogen and oxygen atoms in total. The molecule has 122 valence electrons. The average Bonchev–Trinajstić information content (AvgIpc) is 2.89. The van der Waals surface area contributed by atoms with Gasteiger partial charge < -0.3 is 14.6 Å². The van der Waals surface area contributed by atoms with Crippen molar-refractivity contribution < 1.29 is 9.26 Å². The summed E-state index contributed by atoms with van der Waals surface area (Å²) in [6.07, 6.45) is 2.39. The largest absolute Gasteiger partial charge is 0.370 e. The van der Waals surface area contributed by atoms with E-state index >= 15 is 0 Å². The lowest BCUT2D eigenvalue weighted by Gasteiger charge is -2.30. The van der Waals surface area contributed by atoms with Gasteiger partial charge in [-0.15, -0.1) is 0 Å². The average molecular weight is 297 g/mol. The quantitative estimate of drug-likeness (QED) is 0.797. The molecular weight excluding hydrogens is 266 g/mol. The van der Waals surface area contributed by atoms with Gasteiger partial charge in [0.1, 0.15) is 5.60 Å². The highest BCUT2D eigenvalue weighted by Gasteiger charge is 2.34. The zero-order valence-electron chi connectivity index (χ0n) is 14.6. The molecule has 1 N–H and O–H groups in total. The van der Waals surface area contributed by atoms with Crippen molar-refractivity contribution in [3.8, 4) is 0 Å². The summed E-state index contributed by atoms with van der Waals surface area (Å²) < 4.78 is 11.1. The van der Waals surface area contributed by atoms with Crippen LogP contribution in [0.2, 0.25) is 0 Å². The summed E-state index contributed by atoms with van der Waals surface area (Å²) in [5.41, 5.74) is -0.296. The zero-order chi connectivity index (χ0) is 16.1. The molecule has 1 aromatic rings. The molecule has 1 rings (SSSR count). The van der Waals surface area contributed by atoms with E-state index in [9.17, 15) is 0 Å². The predicted octanol–water partition coefficient (Wildman–Crippen LogP) is 3.30. The van der Waals surface area contributed by atoms with E-state index in [1.165, 1.54) is 0 Å². The van der Waals surface area contributed by atoms with Crippen LogP contribution in [0.25, 0.3) is 0 Å². The Morgan fingerprint density at radius 2 is 1.81 bits per heavy atom. The fourth-order valence-corrected chi connectivity index (χ4v) is 2.57. The maximum absolute atomic E-state index is 5.65. The third-order valence-corrected chi connectivity index (χ3v) is 4.28. The Bertz CT molecular complexity index is 411. The van der Waals surface area contributed by atoms with Gasteiger partial charge in [0.25, 0.3) is 0 Å². The molecular formula is C16H31N3O2. The molecule has 0 saturated heterocycles. The highest BCUT2D eigenvalue weighted by Crippen LogP contribution is 2.30. The lowest BCUT2D eigenvalue weighted by atomic mass is 9.84. The number of nitrogens with one attached hydrogen (secondary N) is 1. The van der Waals surface area contributed by atoms with E-state index in [2.05, 4.69) is 57.0 Å². The van der Waals surface area contributed by atoms with Crippen molar-refractivity contribution in [3.63, 3.8) is 0 Å². The first-order valence-corrected chi connectivity index (χ1v) is 7.94. The summed E-state index contributed by atoms with van der Waals surface area (Å²) in [4.78, 5) is 4.59. The Hall–Kier alpha value is -0.940. The van der Waals surface area contributed by atoms with Gasteiger partial charge in [-0.1, -0.05) is 46.7 Å². The number of nitrogens with zero attached hydrogens (tertiary/aromatic N) is 2. The highest BCUT2D eigenvalue weighted by atomic mass is 16.5. The lowest BCUT2D eigenvalue weighted by Crippen LogP contribution is -2.42. The molecule has 1 heterocycles. The van der Waals surface area contributed by atoms with Crippen LogP contribution in [0.1, 0.15) is 66.1 Å². The fraction of sp³-hybridized carbons (Fsp3) is 0.875. The van der Waals surface area contributed by atoms with Crippen molar-refractivity contribution in [2.24, 2.45) is 5.41 Å². The number of ether oxygens (including phenoxy) is 1. The summed E-state index contributed by atoms with van der Waals surface area (Å²) >= 11 is 0. The molecule has 1 atom stereocenters. The van der Waals surface area contributed by atoms with Crippen molar-refractivity contribution in [1.82, 2.24) is 15.5 Å². The molecule has 0 aliphatic rings. The number of hydrogen-bond donors (Lipinski definition) is 1. The molecule has 0 aliphatic heterocycles. The van der Waals surface area contributed by atoms with Crippen LogP contribution in [-0.2, 0) is 16.8 Å². The topological polar surface area (TPSA) is 60.2 Å². The zero-order valence-corrected chi connectivity index (χ0v) is 14.6. The molecule has 0 radical (unpaired) electrons. The number of hydrogen-bond acceptors (Lipinski definition) is 5. The minimum atomic E-state index is -0.433. The number of aromatic nitrogens is 2. The van der Waals surface area contributed by atoms with Gasteiger partial charge in [0, 0.05) is 19.6 Å². The van der Waals surface area contributed by atoms with Crippen molar-refractivity contribution in [2.45, 2.75) is 72.4 Å². The lowest BCUT2D eigenvalue weighted by molar-refractivity contribution is -0.0306. The molecule has 0 aliphatic carbocycles. The monoisotopic (exact) mass is 297 g/mol. The van der Waals surface area contributed by atoms with Crippen LogP contribution in [0, 0.1) is 5.41 Å². The van der Waals surface area contributed by atoms with Crippen LogP contribution in [0.15, 0.2) is 4.52 Å². The minimum absolute atomic E-state index is 0.137. The van der Waals surface area contributed by atoms with Crippen LogP contribution < -0.4 is 5.32 Å². The molecule has 1 aromatic heterocycles. The SMILES string of the molecule is CCNC(Cc1nc(C(CC)(CC)OC)no1)C(C)(C)C. The molecule has 0 fully saturated rings. The van der Waals surface area contributed by atoms with E-state index in [0.29, 0.717) is 17.8 Å². The first-order chi connectivity index (χ1) is 9.82. The van der Waals surface area contributed by atoms with Gasteiger partial charge in [0.15, 0.2) is 0 Å². The van der Waals surface area contributed by atoms with Gasteiger partial charge in [-0.25, -0.2) is 0 Å². The van der Waals surface area contributed by atoms with Crippen molar-refractivity contribution >= 4 is 0 Å². The fourth-order valence-electron chi connectivity index (χ4n) is 2.57. The molecule has 21 heavy (non-hydrogen) atoms. The summed E-state index contributed by atoms with van der Waals surface area (Å²) in [7, 11) is 1.71. The number of rotatable bonds is 8. The Balaban J connectivity index is 2.92. The summed E-state index contributed by atoms with van der Waals surface area (Å²) in [5.74, 6) is 1.34. The van der Waals surface area contributed by atoms with E-state index in [1.54, 1.807) is 7.11 Å². The molecule has 0 bridgehead atoms. The standard InChI is InChI=1S/C16H31N3O2/c1-8-16(9-2,20-7)14-18-13(21-19-14)11-12(17-10-3)15(4,5)6/h12,17H,8-11H2,1-7H3. The third kappa shape index (κ3) is 4.27. The van der Waals surface area contributed by atoms with Crippen molar-refractivity contribution in [1.29, 1.82) is 0 Å². The Morgan fingerprint density at radius 3 is 2.24 bits per heavy atom. The van der Waals surface area contributed by atoms with Crippen LogP contribution in [0.4, 0.5) is 0 Å². The predicted molar refractivity (Wildman–Crippen MR) is 84.2 cm³/mol. The van der Waals surface area contributed by atoms with E-state index in [-0.39, 0.29) is 5.41 Å². The van der Waals surface area contributed by atoms with E-state index in [0.717, 1.165) is 25.8 Å². The van der Waals surface area contributed by atoms with Gasteiger partial charge in [-0.05, 0) is 24.8 Å². The third-order valence-electron chi connectivity index (χ3n) is 4.28. The van der Waals surface area contributed by atoms with Gasteiger partial charge in [0.2, 0.25) is 11.7 Å². The number of methoxy groups -OCH3 is 1. The van der Waals surface area contributed by atoms with Crippen LogP contribution in [-0.4, -0.2) is 29.8 Å². The van der Waals surface area contributed by atoms with Gasteiger partial charge in [-0.3, -0.25) is 0 Å². The van der Waals surface area contributed by atoms with Gasteiger partial charge in [0.05, 0.1) is 0 Å². The Labute approximate surface area is 128 Å². The summed E-state index contributed by atoms with van der Waals surface area (Å²) in [5, 5.41) is 7.66. The summed E-state index contributed by atoms with van der Waals surface area (Å²) in [6, 6.07) is 0.302. The maximum Gasteiger partial charge on any atom is 0.228 e. The van der Waals surface area contributed by atoms with Crippen molar-refractivity contribution in [2.75, 3.05) is 13.7 Å². The molecule has 1 unspecified atom stereocenters. The van der Waals surface area contributed by atoms with Gasteiger partial charge in [-0.2, -0.15) is 4.98 Å². The first kappa shape index (κ1) is 18.1. The Kier molecular flexibility index (Phi) is 6.35. The molecule has 0 saturated carbocycles. The van der Waals surface area contributed by atoms with E-state index < -0.39 is 5.60 Å². The first-order valence-electron chi connectivity index (χ1n) is 7.94. The summed E-state index contributed by atoms with van der Waals surface area (Å²) in [6.45, 7) is 13.9. The molecule has 5 heteroatoms. The Morgan fingerprint density at radius 1 is 1.19 bits per heavy atom. The molecule has 0 aromatic carbocycles. The minimum Gasteiger partial charge on any atom is -0.370 e. The maximum atomic E-state index is 5.65. The number of likely N-dealkylation sites (N-methyl/N-ethyl adjacent to an activating group) is 1.